The Morgan fingerprint density at radius 2 is 1.92 bits per heavy atom. The summed E-state index contributed by atoms with van der Waals surface area (Å²) in [6.45, 7) is 3.92. The van der Waals surface area contributed by atoms with Crippen molar-refractivity contribution in [1.29, 1.82) is 0 Å². The van der Waals surface area contributed by atoms with Gasteiger partial charge in [-0.15, -0.1) is 11.6 Å². The first-order chi connectivity index (χ1) is 6.07. The molecule has 1 aromatic rings. The van der Waals surface area contributed by atoms with Gasteiger partial charge in [-0.05, 0) is 47.6 Å². The number of carbonyl (C=O) groups excluding carboxylic acids is 1. The second-order valence-electron chi connectivity index (χ2n) is 2.95. The zero-order chi connectivity index (χ0) is 10.0. The van der Waals surface area contributed by atoms with E-state index in [2.05, 4.69) is 22.6 Å². The Morgan fingerprint density at radius 1 is 1.38 bits per heavy atom. The number of rotatable bonds is 2. The molecule has 0 atom stereocenters. The lowest BCUT2D eigenvalue weighted by Gasteiger charge is -2.07. The van der Waals surface area contributed by atoms with E-state index in [1.54, 1.807) is 0 Å². The fourth-order valence-electron chi connectivity index (χ4n) is 1.19. The molecule has 1 aromatic carbocycles. The highest BCUT2D eigenvalue weighted by molar-refractivity contribution is 14.1. The summed E-state index contributed by atoms with van der Waals surface area (Å²) >= 11 is 7.72. The van der Waals surface area contributed by atoms with E-state index in [-0.39, 0.29) is 11.7 Å². The number of halogens is 2. The second-order valence-corrected chi connectivity index (χ2v) is 4.29. The van der Waals surface area contributed by atoms with Crippen LogP contribution in [-0.4, -0.2) is 11.7 Å². The van der Waals surface area contributed by atoms with Gasteiger partial charge in [0, 0.05) is 9.13 Å². The lowest BCUT2D eigenvalue weighted by atomic mass is 10.0. The maximum Gasteiger partial charge on any atom is 0.178 e. The van der Waals surface area contributed by atoms with Gasteiger partial charge in [-0.3, -0.25) is 4.79 Å². The molecule has 0 bridgehead atoms. The van der Waals surface area contributed by atoms with E-state index in [1.165, 1.54) is 0 Å². The average Bonchev–Trinajstić information content (AvgIpc) is 2.12. The van der Waals surface area contributed by atoms with Crippen LogP contribution in [-0.2, 0) is 0 Å². The Hall–Kier alpha value is -0.0900. The number of carbonyl (C=O) groups is 1. The van der Waals surface area contributed by atoms with Crippen molar-refractivity contribution in [1.82, 2.24) is 0 Å². The Bertz CT molecular complexity index is 347. The average molecular weight is 309 g/mol. The van der Waals surface area contributed by atoms with Gasteiger partial charge in [0.1, 0.15) is 0 Å². The molecule has 0 aliphatic rings. The van der Waals surface area contributed by atoms with Crippen molar-refractivity contribution >= 4 is 40.0 Å². The molecule has 0 spiro atoms. The molecule has 0 aliphatic heterocycles. The summed E-state index contributed by atoms with van der Waals surface area (Å²) < 4.78 is 1.02. The number of Topliss-reactive ketones (excluding diaryl/α,β-unsaturated/α-hetero) is 1. The van der Waals surface area contributed by atoms with Gasteiger partial charge in [0.2, 0.25) is 0 Å². The molecule has 0 saturated heterocycles. The zero-order valence-electron chi connectivity index (χ0n) is 7.53. The number of ketones is 1. The van der Waals surface area contributed by atoms with Gasteiger partial charge in [0.05, 0.1) is 5.88 Å². The van der Waals surface area contributed by atoms with E-state index in [0.717, 1.165) is 20.3 Å². The van der Waals surface area contributed by atoms with Gasteiger partial charge in [-0.2, -0.15) is 0 Å². The summed E-state index contributed by atoms with van der Waals surface area (Å²) in [6.07, 6.45) is 0. The Morgan fingerprint density at radius 3 is 2.46 bits per heavy atom. The van der Waals surface area contributed by atoms with Gasteiger partial charge in [0.15, 0.2) is 5.78 Å². The number of alkyl halides is 1. The standard InChI is InChI=1S/C10H10ClIO/c1-6-3-4-7(2)10(12)9(6)8(13)5-11/h3-4H,5H2,1-2H3. The fraction of sp³-hybridized carbons (Fsp3) is 0.300. The zero-order valence-corrected chi connectivity index (χ0v) is 10.4. The predicted octanol–water partition coefficient (Wildman–Crippen LogP) is 3.33. The van der Waals surface area contributed by atoms with Crippen molar-refractivity contribution in [3.8, 4) is 0 Å². The van der Waals surface area contributed by atoms with Crippen molar-refractivity contribution in [2.75, 3.05) is 5.88 Å². The minimum Gasteiger partial charge on any atom is -0.293 e. The monoisotopic (exact) mass is 308 g/mol. The van der Waals surface area contributed by atoms with Crippen molar-refractivity contribution in [2.24, 2.45) is 0 Å². The van der Waals surface area contributed by atoms with Crippen LogP contribution in [0.25, 0.3) is 0 Å². The summed E-state index contributed by atoms with van der Waals surface area (Å²) in [5, 5.41) is 0. The fourth-order valence-corrected chi connectivity index (χ4v) is 2.23. The molecule has 0 radical (unpaired) electrons. The van der Waals surface area contributed by atoms with Crippen LogP contribution in [0.5, 0.6) is 0 Å². The van der Waals surface area contributed by atoms with Crippen LogP contribution >= 0.6 is 34.2 Å². The van der Waals surface area contributed by atoms with Gasteiger partial charge in [-0.1, -0.05) is 12.1 Å². The van der Waals surface area contributed by atoms with Crippen LogP contribution in [0.2, 0.25) is 0 Å². The molecule has 70 valence electrons. The highest BCUT2D eigenvalue weighted by Gasteiger charge is 2.12. The maximum atomic E-state index is 11.5. The van der Waals surface area contributed by atoms with Crippen LogP contribution in [0.15, 0.2) is 12.1 Å². The summed E-state index contributed by atoms with van der Waals surface area (Å²) in [6, 6.07) is 3.97. The number of aryl methyl sites for hydroxylation is 2. The minimum absolute atomic E-state index is 0.00673. The normalized spacial score (nSPS) is 10.2. The smallest absolute Gasteiger partial charge is 0.178 e. The van der Waals surface area contributed by atoms with Crippen LogP contribution in [0.4, 0.5) is 0 Å². The first-order valence-electron chi connectivity index (χ1n) is 3.92. The number of benzene rings is 1. The second kappa shape index (κ2) is 4.42. The molecule has 0 aliphatic carbocycles. The van der Waals surface area contributed by atoms with Crippen molar-refractivity contribution in [2.45, 2.75) is 13.8 Å². The Labute approximate surface area is 96.6 Å². The molecule has 3 heteroatoms. The molecule has 0 unspecified atom stereocenters. The van der Waals surface area contributed by atoms with Gasteiger partial charge in [0.25, 0.3) is 0 Å². The Kier molecular flexibility index (Phi) is 3.74. The molecular weight excluding hydrogens is 298 g/mol. The largest absolute Gasteiger partial charge is 0.293 e. The van der Waals surface area contributed by atoms with Crippen LogP contribution < -0.4 is 0 Å². The Balaban J connectivity index is 3.33. The van der Waals surface area contributed by atoms with E-state index in [0.29, 0.717) is 0 Å². The molecule has 0 fully saturated rings. The first kappa shape index (κ1) is 11.0. The third-order valence-corrected chi connectivity index (χ3v) is 3.58. The van der Waals surface area contributed by atoms with Crippen molar-refractivity contribution in [3.63, 3.8) is 0 Å². The van der Waals surface area contributed by atoms with Crippen LogP contribution in [0.1, 0.15) is 21.5 Å². The van der Waals surface area contributed by atoms with E-state index >= 15 is 0 Å². The number of hydrogen-bond donors (Lipinski definition) is 0. The van der Waals surface area contributed by atoms with E-state index in [9.17, 15) is 4.79 Å². The molecule has 0 amide bonds. The molecule has 13 heavy (non-hydrogen) atoms. The molecule has 1 nitrogen and oxygen atoms in total. The third-order valence-electron chi connectivity index (χ3n) is 1.94. The van der Waals surface area contributed by atoms with Crippen LogP contribution in [0, 0.1) is 17.4 Å². The van der Waals surface area contributed by atoms with E-state index in [1.807, 2.05) is 26.0 Å². The summed E-state index contributed by atoms with van der Waals surface area (Å²) in [5.74, 6) is 0.0626. The third kappa shape index (κ3) is 2.23. The van der Waals surface area contributed by atoms with Crippen molar-refractivity contribution < 1.29 is 4.79 Å². The molecule has 1 rings (SSSR count). The van der Waals surface area contributed by atoms with E-state index in [4.69, 9.17) is 11.6 Å². The molecular formula is C10H10ClIO. The van der Waals surface area contributed by atoms with Crippen molar-refractivity contribution in [3.05, 3.63) is 32.4 Å². The van der Waals surface area contributed by atoms with Crippen LogP contribution in [0.3, 0.4) is 0 Å². The summed E-state index contributed by atoms with van der Waals surface area (Å²) in [5.41, 5.74) is 2.90. The van der Waals surface area contributed by atoms with Gasteiger partial charge in [-0.25, -0.2) is 0 Å². The molecule has 0 aromatic heterocycles. The molecule has 0 heterocycles. The van der Waals surface area contributed by atoms with Gasteiger partial charge < -0.3 is 0 Å². The number of hydrogen-bond acceptors (Lipinski definition) is 1. The maximum absolute atomic E-state index is 11.5. The van der Waals surface area contributed by atoms with Gasteiger partial charge >= 0.3 is 0 Å². The quantitative estimate of drug-likeness (QED) is 0.465. The highest BCUT2D eigenvalue weighted by Crippen LogP contribution is 2.21. The predicted molar refractivity (Wildman–Crippen MR) is 63.7 cm³/mol. The molecule has 0 N–H and O–H groups in total. The summed E-state index contributed by atoms with van der Waals surface area (Å²) in [4.78, 5) is 11.5. The minimum atomic E-state index is 0.00673. The first-order valence-corrected chi connectivity index (χ1v) is 5.54. The lowest BCUT2D eigenvalue weighted by Crippen LogP contribution is -2.06. The molecule has 0 saturated carbocycles. The highest BCUT2D eigenvalue weighted by atomic mass is 127. The summed E-state index contributed by atoms with van der Waals surface area (Å²) in [7, 11) is 0. The topological polar surface area (TPSA) is 17.1 Å². The SMILES string of the molecule is Cc1ccc(C)c(C(=O)CCl)c1I. The van der Waals surface area contributed by atoms with E-state index < -0.39 is 0 Å². The lowest BCUT2D eigenvalue weighted by molar-refractivity contribution is 0.101.